The largest absolute Gasteiger partial charge is 0.490 e. The number of hydrogen-bond acceptors (Lipinski definition) is 4. The SMILES string of the molecule is CC1CCN(CC(=O)N2CC[C@H](Oc3ccccc3)[C@@H](CC(=O)N3CCCCC3)C2)CC1. The first-order valence-electron chi connectivity index (χ1n) is 12.6. The third-order valence-corrected chi connectivity index (χ3v) is 7.43. The average molecular weight is 442 g/mol. The molecule has 1 aromatic rings. The van der Waals surface area contributed by atoms with E-state index < -0.39 is 0 Å². The lowest BCUT2D eigenvalue weighted by molar-refractivity contribution is -0.140. The molecule has 3 aliphatic heterocycles. The Labute approximate surface area is 192 Å². The molecule has 3 heterocycles. The molecule has 1 aromatic carbocycles. The summed E-state index contributed by atoms with van der Waals surface area (Å²) in [5.41, 5.74) is 0. The van der Waals surface area contributed by atoms with Crippen molar-refractivity contribution in [2.75, 3.05) is 45.8 Å². The number of para-hydroxylation sites is 1. The van der Waals surface area contributed by atoms with Crippen molar-refractivity contribution in [2.45, 2.75) is 58.0 Å². The molecule has 0 aromatic heterocycles. The molecule has 0 unspecified atom stereocenters. The lowest BCUT2D eigenvalue weighted by Gasteiger charge is -2.40. The van der Waals surface area contributed by atoms with Crippen molar-refractivity contribution in [3.05, 3.63) is 30.3 Å². The number of carbonyl (C=O) groups is 2. The molecule has 2 atom stereocenters. The second-order valence-corrected chi connectivity index (χ2v) is 9.96. The lowest BCUT2D eigenvalue weighted by Crippen LogP contribution is -2.52. The zero-order chi connectivity index (χ0) is 22.3. The van der Waals surface area contributed by atoms with Crippen molar-refractivity contribution in [1.82, 2.24) is 14.7 Å². The zero-order valence-corrected chi connectivity index (χ0v) is 19.6. The van der Waals surface area contributed by atoms with E-state index in [2.05, 4.69) is 11.8 Å². The Morgan fingerprint density at radius 1 is 0.875 bits per heavy atom. The number of likely N-dealkylation sites (tertiary alicyclic amines) is 3. The van der Waals surface area contributed by atoms with Gasteiger partial charge in [-0.05, 0) is 63.2 Å². The normalized spacial score (nSPS) is 25.5. The molecule has 3 saturated heterocycles. The van der Waals surface area contributed by atoms with Crippen LogP contribution in [0.15, 0.2) is 30.3 Å². The van der Waals surface area contributed by atoms with Gasteiger partial charge in [0.1, 0.15) is 11.9 Å². The van der Waals surface area contributed by atoms with Gasteiger partial charge in [0, 0.05) is 44.9 Å². The van der Waals surface area contributed by atoms with Crippen molar-refractivity contribution < 1.29 is 14.3 Å². The maximum atomic E-state index is 13.1. The first-order chi connectivity index (χ1) is 15.6. The molecule has 6 nitrogen and oxygen atoms in total. The maximum absolute atomic E-state index is 13.1. The van der Waals surface area contributed by atoms with Gasteiger partial charge in [0.05, 0.1) is 6.54 Å². The summed E-state index contributed by atoms with van der Waals surface area (Å²) in [6, 6.07) is 9.87. The van der Waals surface area contributed by atoms with Gasteiger partial charge in [0.25, 0.3) is 0 Å². The predicted molar refractivity (Wildman–Crippen MR) is 125 cm³/mol. The summed E-state index contributed by atoms with van der Waals surface area (Å²) in [5, 5.41) is 0. The summed E-state index contributed by atoms with van der Waals surface area (Å²) >= 11 is 0. The number of hydrogen-bond donors (Lipinski definition) is 0. The van der Waals surface area contributed by atoms with Crippen LogP contribution in [0.5, 0.6) is 5.75 Å². The summed E-state index contributed by atoms with van der Waals surface area (Å²) in [5.74, 6) is 2.06. The Morgan fingerprint density at radius 3 is 2.31 bits per heavy atom. The predicted octanol–water partition coefficient (Wildman–Crippen LogP) is 3.42. The quantitative estimate of drug-likeness (QED) is 0.679. The van der Waals surface area contributed by atoms with E-state index in [4.69, 9.17) is 4.74 Å². The van der Waals surface area contributed by atoms with E-state index >= 15 is 0 Å². The van der Waals surface area contributed by atoms with E-state index in [1.807, 2.05) is 40.1 Å². The van der Waals surface area contributed by atoms with Crippen LogP contribution in [0, 0.1) is 11.8 Å². The molecule has 0 radical (unpaired) electrons. The van der Waals surface area contributed by atoms with Crippen molar-refractivity contribution in [3.63, 3.8) is 0 Å². The molecule has 6 heteroatoms. The average Bonchev–Trinajstić information content (AvgIpc) is 2.83. The van der Waals surface area contributed by atoms with E-state index in [0.29, 0.717) is 26.1 Å². The summed E-state index contributed by atoms with van der Waals surface area (Å²) in [7, 11) is 0. The van der Waals surface area contributed by atoms with Gasteiger partial charge in [0.15, 0.2) is 0 Å². The second kappa shape index (κ2) is 11.2. The third-order valence-electron chi connectivity index (χ3n) is 7.43. The monoisotopic (exact) mass is 441 g/mol. The van der Waals surface area contributed by atoms with Crippen LogP contribution in [0.1, 0.15) is 51.9 Å². The Morgan fingerprint density at radius 2 is 1.59 bits per heavy atom. The molecule has 176 valence electrons. The van der Waals surface area contributed by atoms with E-state index in [-0.39, 0.29) is 23.8 Å². The Hall–Kier alpha value is -2.08. The van der Waals surface area contributed by atoms with E-state index in [0.717, 1.165) is 57.1 Å². The lowest BCUT2D eigenvalue weighted by atomic mass is 9.90. The van der Waals surface area contributed by atoms with Crippen LogP contribution in [0.2, 0.25) is 0 Å². The topological polar surface area (TPSA) is 53.1 Å². The second-order valence-electron chi connectivity index (χ2n) is 9.96. The van der Waals surface area contributed by atoms with Crippen molar-refractivity contribution in [2.24, 2.45) is 11.8 Å². The highest BCUT2D eigenvalue weighted by molar-refractivity contribution is 5.79. The Balaban J connectivity index is 1.38. The molecule has 0 bridgehead atoms. The van der Waals surface area contributed by atoms with Crippen molar-refractivity contribution >= 4 is 11.8 Å². The fraction of sp³-hybridized carbons (Fsp3) is 0.692. The molecular weight excluding hydrogens is 402 g/mol. The van der Waals surface area contributed by atoms with Crippen LogP contribution >= 0.6 is 0 Å². The fourth-order valence-electron chi connectivity index (χ4n) is 5.27. The highest BCUT2D eigenvalue weighted by Gasteiger charge is 2.36. The van der Waals surface area contributed by atoms with Gasteiger partial charge in [-0.15, -0.1) is 0 Å². The van der Waals surface area contributed by atoms with Crippen molar-refractivity contribution in [3.8, 4) is 5.75 Å². The van der Waals surface area contributed by atoms with Crippen LogP contribution in [-0.2, 0) is 9.59 Å². The molecule has 0 N–H and O–H groups in total. The minimum absolute atomic E-state index is 0.0312. The molecular formula is C26H39N3O3. The molecule has 2 amide bonds. The van der Waals surface area contributed by atoms with Gasteiger partial charge in [-0.3, -0.25) is 14.5 Å². The van der Waals surface area contributed by atoms with E-state index in [9.17, 15) is 9.59 Å². The summed E-state index contributed by atoms with van der Waals surface area (Å²) < 4.78 is 6.33. The maximum Gasteiger partial charge on any atom is 0.236 e. The molecule has 3 aliphatic rings. The van der Waals surface area contributed by atoms with Crippen LogP contribution in [0.25, 0.3) is 0 Å². The number of amides is 2. The first-order valence-corrected chi connectivity index (χ1v) is 12.6. The minimum Gasteiger partial charge on any atom is -0.490 e. The molecule has 32 heavy (non-hydrogen) atoms. The van der Waals surface area contributed by atoms with Crippen molar-refractivity contribution in [1.29, 1.82) is 0 Å². The number of benzene rings is 1. The molecule has 0 spiro atoms. The Kier molecular flexibility index (Phi) is 8.06. The number of nitrogens with zero attached hydrogens (tertiary/aromatic N) is 3. The number of ether oxygens (including phenoxy) is 1. The van der Waals surface area contributed by atoms with Crippen LogP contribution in [-0.4, -0.2) is 78.4 Å². The third kappa shape index (κ3) is 6.25. The standard InChI is InChI=1S/C26H39N3O3/c1-21-10-15-27(16-11-21)20-26(31)29-17-12-24(32-23-8-4-2-5-9-23)22(19-29)18-25(30)28-13-6-3-7-14-28/h2,4-5,8-9,21-22,24H,3,6-7,10-20H2,1H3/t22-,24-/m0/s1. The smallest absolute Gasteiger partial charge is 0.236 e. The van der Waals surface area contributed by atoms with E-state index in [1.165, 1.54) is 19.3 Å². The minimum atomic E-state index is -0.0361. The van der Waals surface area contributed by atoms with Crippen LogP contribution in [0.4, 0.5) is 0 Å². The summed E-state index contributed by atoms with van der Waals surface area (Å²) in [6.45, 7) is 7.87. The van der Waals surface area contributed by atoms with E-state index in [1.54, 1.807) is 0 Å². The highest BCUT2D eigenvalue weighted by Crippen LogP contribution is 2.27. The van der Waals surface area contributed by atoms with Gasteiger partial charge < -0.3 is 14.5 Å². The zero-order valence-electron chi connectivity index (χ0n) is 19.6. The summed E-state index contributed by atoms with van der Waals surface area (Å²) in [6.07, 6.45) is 6.95. The van der Waals surface area contributed by atoms with Gasteiger partial charge in [-0.1, -0.05) is 25.1 Å². The summed E-state index contributed by atoms with van der Waals surface area (Å²) in [4.78, 5) is 32.4. The number of piperidine rings is 3. The van der Waals surface area contributed by atoms with Crippen LogP contribution in [0.3, 0.4) is 0 Å². The van der Waals surface area contributed by atoms with Gasteiger partial charge >= 0.3 is 0 Å². The first kappa shape index (κ1) is 23.1. The fourth-order valence-corrected chi connectivity index (χ4v) is 5.27. The highest BCUT2D eigenvalue weighted by atomic mass is 16.5. The molecule has 4 rings (SSSR count). The van der Waals surface area contributed by atoms with Crippen LogP contribution < -0.4 is 4.74 Å². The number of rotatable bonds is 6. The van der Waals surface area contributed by atoms with Gasteiger partial charge in [-0.25, -0.2) is 0 Å². The Bertz CT molecular complexity index is 742. The van der Waals surface area contributed by atoms with Gasteiger partial charge in [0.2, 0.25) is 11.8 Å². The number of carbonyl (C=O) groups excluding carboxylic acids is 2. The molecule has 0 aliphatic carbocycles. The molecule has 0 saturated carbocycles. The molecule has 3 fully saturated rings. The van der Waals surface area contributed by atoms with Gasteiger partial charge in [-0.2, -0.15) is 0 Å².